The molecule has 0 unspecified atom stereocenters. The standard InChI is InChI=1S/C11H16N2O2S/c1-7-5-9(12)6-8(2)11(7)16(14,15)13-10-3-4-10/h5-6,10,13H,3-4,12H2,1-2H3. The molecule has 0 aromatic heterocycles. The Morgan fingerprint density at radius 3 is 2.19 bits per heavy atom. The zero-order valence-electron chi connectivity index (χ0n) is 9.45. The summed E-state index contributed by atoms with van der Waals surface area (Å²) in [6.45, 7) is 3.54. The molecule has 4 nitrogen and oxygen atoms in total. The second kappa shape index (κ2) is 3.75. The number of anilines is 1. The van der Waals surface area contributed by atoms with Crippen LogP contribution in [0, 0.1) is 13.8 Å². The Kier molecular flexibility index (Phi) is 2.67. The fraction of sp³-hybridized carbons (Fsp3) is 0.455. The Balaban J connectivity index is 2.46. The predicted octanol–water partition coefficient (Wildman–Crippen LogP) is 1.33. The fourth-order valence-electron chi connectivity index (χ4n) is 1.89. The summed E-state index contributed by atoms with van der Waals surface area (Å²) in [7, 11) is -3.38. The van der Waals surface area contributed by atoms with Crippen LogP contribution in [0.5, 0.6) is 0 Å². The summed E-state index contributed by atoms with van der Waals surface area (Å²) in [6, 6.07) is 3.50. The number of aryl methyl sites for hydroxylation is 2. The average Bonchev–Trinajstić information content (AvgIpc) is 2.83. The van der Waals surface area contributed by atoms with E-state index < -0.39 is 10.0 Å². The molecule has 1 aromatic carbocycles. The first kappa shape index (κ1) is 11.4. The second-order valence-electron chi connectivity index (χ2n) is 4.38. The molecule has 0 aliphatic heterocycles. The first-order valence-corrected chi connectivity index (χ1v) is 6.77. The Morgan fingerprint density at radius 1 is 1.25 bits per heavy atom. The topological polar surface area (TPSA) is 72.2 Å². The fourth-order valence-corrected chi connectivity index (χ4v) is 3.65. The van der Waals surface area contributed by atoms with E-state index in [9.17, 15) is 8.42 Å². The van der Waals surface area contributed by atoms with Crippen molar-refractivity contribution in [1.82, 2.24) is 4.72 Å². The van der Waals surface area contributed by atoms with E-state index in [0.717, 1.165) is 12.8 Å². The lowest BCUT2D eigenvalue weighted by Crippen LogP contribution is -2.27. The zero-order chi connectivity index (χ0) is 11.9. The first-order valence-electron chi connectivity index (χ1n) is 5.29. The van der Waals surface area contributed by atoms with Crippen molar-refractivity contribution in [2.75, 3.05) is 5.73 Å². The van der Waals surface area contributed by atoms with E-state index in [1.807, 2.05) is 0 Å². The zero-order valence-corrected chi connectivity index (χ0v) is 10.3. The number of benzene rings is 1. The Morgan fingerprint density at radius 2 is 1.75 bits per heavy atom. The van der Waals surface area contributed by atoms with Crippen LogP contribution in [0.1, 0.15) is 24.0 Å². The SMILES string of the molecule is Cc1cc(N)cc(C)c1S(=O)(=O)NC1CC1. The van der Waals surface area contributed by atoms with Crippen LogP contribution in [0.25, 0.3) is 0 Å². The van der Waals surface area contributed by atoms with E-state index in [1.165, 1.54) is 0 Å². The molecule has 1 fully saturated rings. The smallest absolute Gasteiger partial charge is 0.241 e. The van der Waals surface area contributed by atoms with Crippen LogP contribution in [0.4, 0.5) is 5.69 Å². The van der Waals surface area contributed by atoms with Crippen LogP contribution in [-0.2, 0) is 10.0 Å². The summed E-state index contributed by atoms with van der Waals surface area (Å²) in [6.07, 6.45) is 1.87. The quantitative estimate of drug-likeness (QED) is 0.783. The average molecular weight is 240 g/mol. The first-order chi connectivity index (χ1) is 7.40. The third kappa shape index (κ3) is 2.20. The molecular weight excluding hydrogens is 224 g/mol. The van der Waals surface area contributed by atoms with Gasteiger partial charge in [-0.2, -0.15) is 0 Å². The molecule has 1 saturated carbocycles. The van der Waals surface area contributed by atoms with Crippen molar-refractivity contribution in [3.8, 4) is 0 Å². The maximum absolute atomic E-state index is 12.1. The van der Waals surface area contributed by atoms with Crippen molar-refractivity contribution in [3.63, 3.8) is 0 Å². The lowest BCUT2D eigenvalue weighted by Gasteiger charge is -2.12. The van der Waals surface area contributed by atoms with Gasteiger partial charge in [-0.15, -0.1) is 0 Å². The van der Waals surface area contributed by atoms with Gasteiger partial charge >= 0.3 is 0 Å². The molecular formula is C11H16N2O2S. The van der Waals surface area contributed by atoms with Gasteiger partial charge in [-0.05, 0) is 49.9 Å². The molecule has 0 saturated heterocycles. The molecule has 1 aliphatic rings. The minimum Gasteiger partial charge on any atom is -0.399 e. The number of rotatable bonds is 3. The highest BCUT2D eigenvalue weighted by Crippen LogP contribution is 2.26. The number of nitrogens with one attached hydrogen (secondary N) is 1. The van der Waals surface area contributed by atoms with Crippen molar-refractivity contribution in [2.24, 2.45) is 0 Å². The maximum Gasteiger partial charge on any atom is 0.241 e. The minimum absolute atomic E-state index is 0.126. The van der Waals surface area contributed by atoms with Crippen molar-refractivity contribution >= 4 is 15.7 Å². The minimum atomic E-state index is -3.38. The van der Waals surface area contributed by atoms with Gasteiger partial charge in [-0.1, -0.05) is 0 Å². The second-order valence-corrected chi connectivity index (χ2v) is 6.03. The molecule has 0 spiro atoms. The molecule has 0 heterocycles. The molecule has 0 radical (unpaired) electrons. The van der Waals surface area contributed by atoms with Gasteiger partial charge in [0.15, 0.2) is 0 Å². The van der Waals surface area contributed by atoms with Crippen LogP contribution in [0.2, 0.25) is 0 Å². The van der Waals surface area contributed by atoms with E-state index >= 15 is 0 Å². The lowest BCUT2D eigenvalue weighted by molar-refractivity contribution is 0.580. The van der Waals surface area contributed by atoms with Crippen LogP contribution in [0.15, 0.2) is 17.0 Å². The summed E-state index contributed by atoms with van der Waals surface area (Å²) in [5.41, 5.74) is 7.67. The monoisotopic (exact) mass is 240 g/mol. The largest absolute Gasteiger partial charge is 0.399 e. The van der Waals surface area contributed by atoms with Crippen molar-refractivity contribution in [2.45, 2.75) is 37.6 Å². The number of hydrogen-bond acceptors (Lipinski definition) is 3. The highest BCUT2D eigenvalue weighted by atomic mass is 32.2. The van der Waals surface area contributed by atoms with Gasteiger partial charge in [0.1, 0.15) is 0 Å². The summed E-state index contributed by atoms with van der Waals surface area (Å²) in [5, 5.41) is 0. The molecule has 16 heavy (non-hydrogen) atoms. The number of nitrogens with two attached hydrogens (primary N) is 1. The number of nitrogen functional groups attached to an aromatic ring is 1. The molecule has 88 valence electrons. The van der Waals surface area contributed by atoms with Gasteiger partial charge < -0.3 is 5.73 Å². The maximum atomic E-state index is 12.1. The Hall–Kier alpha value is -1.07. The van der Waals surface area contributed by atoms with E-state index in [1.54, 1.807) is 26.0 Å². The molecule has 3 N–H and O–H groups in total. The predicted molar refractivity (Wildman–Crippen MR) is 63.7 cm³/mol. The third-order valence-electron chi connectivity index (χ3n) is 2.65. The summed E-state index contributed by atoms with van der Waals surface area (Å²) in [5.74, 6) is 0. The highest BCUT2D eigenvalue weighted by molar-refractivity contribution is 7.89. The normalized spacial score (nSPS) is 16.4. The van der Waals surface area contributed by atoms with E-state index in [2.05, 4.69) is 4.72 Å². The van der Waals surface area contributed by atoms with E-state index in [0.29, 0.717) is 21.7 Å². The number of hydrogen-bond donors (Lipinski definition) is 2. The molecule has 5 heteroatoms. The van der Waals surface area contributed by atoms with Crippen LogP contribution < -0.4 is 10.5 Å². The summed E-state index contributed by atoms with van der Waals surface area (Å²) >= 11 is 0. The summed E-state index contributed by atoms with van der Waals surface area (Å²) < 4.78 is 26.8. The van der Waals surface area contributed by atoms with Crippen molar-refractivity contribution in [3.05, 3.63) is 23.3 Å². The van der Waals surface area contributed by atoms with E-state index in [4.69, 9.17) is 5.73 Å². The van der Waals surface area contributed by atoms with Gasteiger partial charge in [0, 0.05) is 11.7 Å². The van der Waals surface area contributed by atoms with E-state index in [-0.39, 0.29) is 6.04 Å². The third-order valence-corrected chi connectivity index (χ3v) is 4.48. The van der Waals surface area contributed by atoms with Crippen LogP contribution in [0.3, 0.4) is 0 Å². The van der Waals surface area contributed by atoms with Gasteiger partial charge in [0.25, 0.3) is 0 Å². The van der Waals surface area contributed by atoms with Gasteiger partial charge in [-0.3, -0.25) is 0 Å². The molecule has 0 bridgehead atoms. The number of sulfonamides is 1. The summed E-state index contributed by atoms with van der Waals surface area (Å²) in [4.78, 5) is 0.369. The van der Waals surface area contributed by atoms with Gasteiger partial charge in [-0.25, -0.2) is 13.1 Å². The van der Waals surface area contributed by atoms with Crippen LogP contribution in [-0.4, -0.2) is 14.5 Å². The van der Waals surface area contributed by atoms with Crippen molar-refractivity contribution in [1.29, 1.82) is 0 Å². The van der Waals surface area contributed by atoms with Crippen molar-refractivity contribution < 1.29 is 8.42 Å². The lowest BCUT2D eigenvalue weighted by atomic mass is 10.1. The Bertz CT molecular complexity index is 496. The molecule has 2 rings (SSSR count). The molecule has 1 aromatic rings. The Labute approximate surface area is 95.9 Å². The molecule has 1 aliphatic carbocycles. The van der Waals surface area contributed by atoms with Gasteiger partial charge in [0.05, 0.1) is 4.90 Å². The highest BCUT2D eigenvalue weighted by Gasteiger charge is 2.29. The van der Waals surface area contributed by atoms with Crippen LogP contribution >= 0.6 is 0 Å². The van der Waals surface area contributed by atoms with Gasteiger partial charge in [0.2, 0.25) is 10.0 Å². The molecule has 0 amide bonds. The molecule has 0 atom stereocenters.